The second-order valence-corrected chi connectivity index (χ2v) is 6.87. The molecule has 1 amide bonds. The van der Waals surface area contributed by atoms with Gasteiger partial charge in [-0.1, -0.05) is 6.42 Å². The number of hydrogen-bond acceptors (Lipinski definition) is 2. The van der Waals surface area contributed by atoms with E-state index in [0.717, 1.165) is 37.8 Å². The first-order valence-corrected chi connectivity index (χ1v) is 7.67. The Kier molecular flexibility index (Phi) is 4.78. The van der Waals surface area contributed by atoms with Crippen LogP contribution in [0, 0.1) is 23.7 Å². The van der Waals surface area contributed by atoms with Gasteiger partial charge in [0.1, 0.15) is 0 Å². The number of halogens is 1. The first-order chi connectivity index (χ1) is 8.67. The molecule has 3 rings (SSSR count). The third-order valence-electron chi connectivity index (χ3n) is 5.64. The topological polar surface area (TPSA) is 46.3 Å². The molecule has 3 aliphatic rings. The highest BCUT2D eigenvalue weighted by molar-refractivity contribution is 5.85. The molecule has 1 heterocycles. The molecule has 3 nitrogen and oxygen atoms in total. The fourth-order valence-corrected chi connectivity index (χ4v) is 4.63. The summed E-state index contributed by atoms with van der Waals surface area (Å²) in [6.45, 7) is 3.80. The van der Waals surface area contributed by atoms with Crippen LogP contribution in [0.15, 0.2) is 0 Å². The zero-order valence-electron chi connectivity index (χ0n) is 11.9. The molecule has 2 saturated carbocycles. The Bertz CT molecular complexity index is 336. The number of rotatable bonds is 3. The smallest absolute Gasteiger partial charge is 0.223 e. The number of carbonyl (C=O) groups is 1. The SMILES string of the molecule is CC1CC(CN)CN1C(=O)CC1CC2CCC1C2.Cl. The van der Waals surface area contributed by atoms with Crippen LogP contribution in [0.5, 0.6) is 0 Å². The molecular weight excluding hydrogens is 260 g/mol. The van der Waals surface area contributed by atoms with E-state index in [1.807, 2.05) is 0 Å². The lowest BCUT2D eigenvalue weighted by Gasteiger charge is -2.26. The lowest BCUT2D eigenvalue weighted by Crippen LogP contribution is -2.36. The van der Waals surface area contributed by atoms with E-state index in [4.69, 9.17) is 5.73 Å². The van der Waals surface area contributed by atoms with Gasteiger partial charge in [-0.2, -0.15) is 0 Å². The summed E-state index contributed by atoms with van der Waals surface area (Å²) in [5.74, 6) is 3.43. The fourth-order valence-electron chi connectivity index (χ4n) is 4.63. The highest BCUT2D eigenvalue weighted by atomic mass is 35.5. The summed E-state index contributed by atoms with van der Waals surface area (Å²) in [5.41, 5.74) is 5.73. The Morgan fingerprint density at radius 1 is 1.26 bits per heavy atom. The second-order valence-electron chi connectivity index (χ2n) is 6.87. The fraction of sp³-hybridized carbons (Fsp3) is 0.933. The first kappa shape index (κ1) is 15.1. The van der Waals surface area contributed by atoms with Crippen LogP contribution in [0.2, 0.25) is 0 Å². The Labute approximate surface area is 122 Å². The summed E-state index contributed by atoms with van der Waals surface area (Å²) in [6.07, 6.45) is 7.42. The quantitative estimate of drug-likeness (QED) is 0.866. The molecule has 0 spiro atoms. The second kappa shape index (κ2) is 6.01. The maximum absolute atomic E-state index is 12.4. The number of fused-ring (bicyclic) bond motifs is 2. The molecule has 2 bridgehead atoms. The zero-order chi connectivity index (χ0) is 12.7. The van der Waals surface area contributed by atoms with Gasteiger partial charge in [0.25, 0.3) is 0 Å². The number of likely N-dealkylation sites (tertiary alicyclic amines) is 1. The highest BCUT2D eigenvalue weighted by Crippen LogP contribution is 2.49. The van der Waals surface area contributed by atoms with Crippen molar-refractivity contribution in [1.82, 2.24) is 4.90 Å². The van der Waals surface area contributed by atoms with Crippen LogP contribution in [0.3, 0.4) is 0 Å². The summed E-state index contributed by atoms with van der Waals surface area (Å²) in [7, 11) is 0. The molecule has 0 radical (unpaired) electrons. The molecular formula is C15H27ClN2O. The third kappa shape index (κ3) is 2.92. The van der Waals surface area contributed by atoms with E-state index in [9.17, 15) is 4.79 Å². The highest BCUT2D eigenvalue weighted by Gasteiger charge is 2.41. The molecule has 0 aromatic heterocycles. The van der Waals surface area contributed by atoms with Gasteiger partial charge >= 0.3 is 0 Å². The molecule has 4 heteroatoms. The molecule has 110 valence electrons. The van der Waals surface area contributed by atoms with Crippen LogP contribution in [0.25, 0.3) is 0 Å². The minimum Gasteiger partial charge on any atom is -0.340 e. The Morgan fingerprint density at radius 2 is 2.05 bits per heavy atom. The van der Waals surface area contributed by atoms with Crippen LogP contribution < -0.4 is 5.73 Å². The van der Waals surface area contributed by atoms with Crippen molar-refractivity contribution in [1.29, 1.82) is 0 Å². The predicted molar refractivity (Wildman–Crippen MR) is 79.1 cm³/mol. The van der Waals surface area contributed by atoms with Crippen molar-refractivity contribution >= 4 is 18.3 Å². The molecule has 3 fully saturated rings. The van der Waals surface area contributed by atoms with Gasteiger partial charge in [-0.05, 0) is 62.8 Å². The van der Waals surface area contributed by atoms with E-state index in [1.54, 1.807) is 0 Å². The molecule has 5 unspecified atom stereocenters. The van der Waals surface area contributed by atoms with Gasteiger partial charge in [0, 0.05) is 19.0 Å². The maximum Gasteiger partial charge on any atom is 0.223 e. The van der Waals surface area contributed by atoms with E-state index in [0.29, 0.717) is 23.8 Å². The van der Waals surface area contributed by atoms with Crippen LogP contribution in [0.1, 0.15) is 45.4 Å². The standard InChI is InChI=1S/C15H26N2O.ClH/c1-10-4-12(8-16)9-17(10)15(18)7-14-6-11-2-3-13(14)5-11;/h10-14H,2-9,16H2,1H3;1H. The molecule has 19 heavy (non-hydrogen) atoms. The molecule has 0 aromatic rings. The number of nitrogens with two attached hydrogens (primary N) is 1. The van der Waals surface area contributed by atoms with Gasteiger partial charge in [0.15, 0.2) is 0 Å². The summed E-state index contributed by atoms with van der Waals surface area (Å²) < 4.78 is 0. The van der Waals surface area contributed by atoms with Crippen molar-refractivity contribution in [2.24, 2.45) is 29.4 Å². The van der Waals surface area contributed by atoms with Gasteiger partial charge in [-0.15, -0.1) is 12.4 Å². The van der Waals surface area contributed by atoms with E-state index in [1.165, 1.54) is 25.7 Å². The van der Waals surface area contributed by atoms with Crippen molar-refractivity contribution < 1.29 is 4.79 Å². The lowest BCUT2D eigenvalue weighted by molar-refractivity contribution is -0.133. The summed E-state index contributed by atoms with van der Waals surface area (Å²) in [5, 5.41) is 0. The van der Waals surface area contributed by atoms with Crippen LogP contribution in [-0.4, -0.2) is 29.9 Å². The Hall–Kier alpha value is -0.280. The van der Waals surface area contributed by atoms with E-state index < -0.39 is 0 Å². The Morgan fingerprint density at radius 3 is 2.58 bits per heavy atom. The third-order valence-corrected chi connectivity index (χ3v) is 5.64. The van der Waals surface area contributed by atoms with Crippen molar-refractivity contribution in [3.05, 3.63) is 0 Å². The van der Waals surface area contributed by atoms with Crippen molar-refractivity contribution in [3.63, 3.8) is 0 Å². The summed E-state index contributed by atoms with van der Waals surface area (Å²) in [6, 6.07) is 0.407. The lowest BCUT2D eigenvalue weighted by atomic mass is 9.86. The average Bonchev–Trinajstić information content (AvgIpc) is 3.03. The van der Waals surface area contributed by atoms with Gasteiger partial charge in [0.2, 0.25) is 5.91 Å². The van der Waals surface area contributed by atoms with Gasteiger partial charge in [-0.25, -0.2) is 0 Å². The van der Waals surface area contributed by atoms with E-state index in [2.05, 4.69) is 11.8 Å². The maximum atomic E-state index is 12.4. The molecule has 0 aromatic carbocycles. The summed E-state index contributed by atoms with van der Waals surface area (Å²) >= 11 is 0. The van der Waals surface area contributed by atoms with E-state index in [-0.39, 0.29) is 12.4 Å². The number of hydrogen-bond donors (Lipinski definition) is 1. The van der Waals surface area contributed by atoms with E-state index >= 15 is 0 Å². The molecule has 5 atom stereocenters. The summed E-state index contributed by atoms with van der Waals surface area (Å²) in [4.78, 5) is 14.5. The van der Waals surface area contributed by atoms with Crippen LogP contribution >= 0.6 is 12.4 Å². The van der Waals surface area contributed by atoms with Gasteiger partial charge in [-0.3, -0.25) is 4.79 Å². The largest absolute Gasteiger partial charge is 0.340 e. The zero-order valence-corrected chi connectivity index (χ0v) is 12.7. The van der Waals surface area contributed by atoms with Crippen molar-refractivity contribution in [3.8, 4) is 0 Å². The number of carbonyl (C=O) groups excluding carboxylic acids is 1. The van der Waals surface area contributed by atoms with Crippen LogP contribution in [-0.2, 0) is 4.79 Å². The molecule has 1 aliphatic heterocycles. The minimum absolute atomic E-state index is 0. The molecule has 1 saturated heterocycles. The first-order valence-electron chi connectivity index (χ1n) is 7.67. The number of nitrogens with zero attached hydrogens (tertiary/aromatic N) is 1. The molecule has 2 N–H and O–H groups in total. The van der Waals surface area contributed by atoms with Crippen molar-refractivity contribution in [2.45, 2.75) is 51.5 Å². The normalized spacial score (nSPS) is 40.5. The average molecular weight is 287 g/mol. The minimum atomic E-state index is 0. The molecule has 2 aliphatic carbocycles. The van der Waals surface area contributed by atoms with Gasteiger partial charge < -0.3 is 10.6 Å². The predicted octanol–water partition coefficient (Wildman–Crippen LogP) is 2.43. The van der Waals surface area contributed by atoms with Crippen molar-refractivity contribution in [2.75, 3.05) is 13.1 Å². The Balaban J connectivity index is 0.00000133. The van der Waals surface area contributed by atoms with Gasteiger partial charge in [0.05, 0.1) is 0 Å². The monoisotopic (exact) mass is 286 g/mol. The number of amides is 1. The van der Waals surface area contributed by atoms with Crippen LogP contribution in [0.4, 0.5) is 0 Å².